The van der Waals surface area contributed by atoms with Crippen molar-refractivity contribution in [2.24, 2.45) is 0 Å². The highest BCUT2D eigenvalue weighted by molar-refractivity contribution is 5.94. The molecule has 0 saturated heterocycles. The monoisotopic (exact) mass is 601 g/mol. The number of hydrogen-bond donors (Lipinski definition) is 1. The number of imidazole rings is 1. The Morgan fingerprint density at radius 3 is 1.89 bits per heavy atom. The molecule has 0 radical (unpaired) electrons. The zero-order valence-corrected chi connectivity index (χ0v) is 27.2. The van der Waals surface area contributed by atoms with Crippen molar-refractivity contribution in [2.75, 3.05) is 6.54 Å². The van der Waals surface area contributed by atoms with Gasteiger partial charge in [-0.3, -0.25) is 9.59 Å². The zero-order valence-electron chi connectivity index (χ0n) is 27.2. The van der Waals surface area contributed by atoms with Crippen LogP contribution in [0, 0.1) is 23.7 Å². The first-order valence-electron chi connectivity index (χ1n) is 17.2. The normalized spacial score (nSPS) is 10.4. The molecule has 0 aliphatic rings. The Morgan fingerprint density at radius 2 is 1.32 bits per heavy atom. The average molecular weight is 602 g/mol. The molecule has 0 atom stereocenters. The summed E-state index contributed by atoms with van der Waals surface area (Å²) in [6, 6.07) is 6.71. The van der Waals surface area contributed by atoms with E-state index in [4.69, 9.17) is 4.74 Å². The van der Waals surface area contributed by atoms with Crippen molar-refractivity contribution in [3.05, 3.63) is 48.5 Å². The molecule has 6 nitrogen and oxygen atoms in total. The summed E-state index contributed by atoms with van der Waals surface area (Å²) in [7, 11) is 0. The van der Waals surface area contributed by atoms with Crippen molar-refractivity contribution in [3.8, 4) is 29.4 Å². The van der Waals surface area contributed by atoms with E-state index in [1.54, 1.807) is 36.8 Å². The Morgan fingerprint density at radius 1 is 0.750 bits per heavy atom. The first-order valence-corrected chi connectivity index (χ1v) is 17.2. The minimum absolute atomic E-state index is 0.135. The number of benzene rings is 1. The third-order valence-corrected chi connectivity index (χ3v) is 7.61. The fraction of sp³-hybridized carbons (Fsp3) is 0.605. The Kier molecular flexibility index (Phi) is 21.6. The second kappa shape index (κ2) is 25.9. The third kappa shape index (κ3) is 19.6. The minimum Gasteiger partial charge on any atom is -0.427 e. The van der Waals surface area contributed by atoms with E-state index in [0.717, 1.165) is 64.3 Å². The van der Waals surface area contributed by atoms with Crippen LogP contribution in [0.25, 0.3) is 0 Å². The summed E-state index contributed by atoms with van der Waals surface area (Å²) in [6.07, 6.45) is 28.5. The van der Waals surface area contributed by atoms with E-state index in [1.807, 2.05) is 10.8 Å². The van der Waals surface area contributed by atoms with Crippen molar-refractivity contribution in [2.45, 2.75) is 142 Å². The third-order valence-electron chi connectivity index (χ3n) is 7.61. The molecule has 0 saturated carbocycles. The smallest absolute Gasteiger partial charge is 0.311 e. The molecule has 6 heteroatoms. The van der Waals surface area contributed by atoms with Crippen LogP contribution in [0.15, 0.2) is 43.0 Å². The molecule has 2 aromatic rings. The van der Waals surface area contributed by atoms with E-state index in [-0.39, 0.29) is 11.9 Å². The standard InChI is InChI=1S/C38H55N3O3/c1-2-3-4-5-6-7-8-9-10-11-12-13-14-15-16-17-18-19-20-21-22-23-25-37(42)44-36-28-26-35(27-29-36)38(43)40-30-24-32-41-33-31-39-34-41/h26-29,31,33-34H,2-12,17-25,30,32H2,1H3,(H,40,43). The minimum atomic E-state index is -0.230. The van der Waals surface area contributed by atoms with E-state index < -0.39 is 0 Å². The van der Waals surface area contributed by atoms with Crippen LogP contribution < -0.4 is 10.1 Å². The molecule has 0 aliphatic carbocycles. The van der Waals surface area contributed by atoms with Gasteiger partial charge >= 0.3 is 5.97 Å². The topological polar surface area (TPSA) is 73.2 Å². The number of aromatic nitrogens is 2. The summed E-state index contributed by atoms with van der Waals surface area (Å²) < 4.78 is 7.41. The molecule has 1 aromatic heterocycles. The van der Waals surface area contributed by atoms with Gasteiger partial charge in [-0.1, -0.05) is 102 Å². The van der Waals surface area contributed by atoms with Crippen LogP contribution in [0.1, 0.15) is 146 Å². The number of carbonyl (C=O) groups is 2. The van der Waals surface area contributed by atoms with Gasteiger partial charge in [0.25, 0.3) is 5.91 Å². The summed E-state index contributed by atoms with van der Waals surface area (Å²) in [4.78, 5) is 28.5. The molecule has 0 unspecified atom stereocenters. The average Bonchev–Trinajstić information content (AvgIpc) is 3.56. The lowest BCUT2D eigenvalue weighted by molar-refractivity contribution is -0.134. The molecule has 2 rings (SSSR count). The molecule has 240 valence electrons. The Labute approximate surface area is 267 Å². The van der Waals surface area contributed by atoms with Gasteiger partial charge in [-0.05, 0) is 61.8 Å². The highest BCUT2D eigenvalue weighted by Gasteiger charge is 2.08. The van der Waals surface area contributed by atoms with Gasteiger partial charge < -0.3 is 14.6 Å². The molecule has 44 heavy (non-hydrogen) atoms. The molecule has 1 amide bonds. The molecular weight excluding hydrogens is 546 g/mol. The van der Waals surface area contributed by atoms with Crippen LogP contribution in [-0.2, 0) is 11.3 Å². The Bertz CT molecular complexity index is 1130. The number of amides is 1. The van der Waals surface area contributed by atoms with Crippen molar-refractivity contribution in [3.63, 3.8) is 0 Å². The molecule has 0 bridgehead atoms. The predicted molar refractivity (Wildman–Crippen MR) is 180 cm³/mol. The summed E-state index contributed by atoms with van der Waals surface area (Å²) in [6.45, 7) is 3.66. The van der Waals surface area contributed by atoms with Gasteiger partial charge in [0.1, 0.15) is 5.75 Å². The maximum absolute atomic E-state index is 12.3. The summed E-state index contributed by atoms with van der Waals surface area (Å²) >= 11 is 0. The summed E-state index contributed by atoms with van der Waals surface area (Å²) in [5.74, 6) is 12.5. The predicted octanol–water partition coefficient (Wildman–Crippen LogP) is 9.05. The van der Waals surface area contributed by atoms with Gasteiger partial charge in [0.2, 0.25) is 0 Å². The van der Waals surface area contributed by atoms with Gasteiger partial charge in [-0.2, -0.15) is 0 Å². The van der Waals surface area contributed by atoms with E-state index in [0.29, 0.717) is 24.3 Å². The lowest BCUT2D eigenvalue weighted by Gasteiger charge is -2.07. The lowest BCUT2D eigenvalue weighted by Crippen LogP contribution is -2.25. The van der Waals surface area contributed by atoms with Gasteiger partial charge in [-0.15, -0.1) is 0 Å². The van der Waals surface area contributed by atoms with Crippen LogP contribution in [0.4, 0.5) is 0 Å². The molecule has 0 spiro atoms. The second-order valence-electron chi connectivity index (χ2n) is 11.6. The van der Waals surface area contributed by atoms with Gasteiger partial charge in [0.05, 0.1) is 6.33 Å². The Balaban J connectivity index is 1.38. The highest BCUT2D eigenvalue weighted by Crippen LogP contribution is 2.15. The molecule has 1 aromatic carbocycles. The zero-order chi connectivity index (χ0) is 31.3. The molecule has 0 fully saturated rings. The van der Waals surface area contributed by atoms with E-state index in [9.17, 15) is 9.59 Å². The summed E-state index contributed by atoms with van der Waals surface area (Å²) in [5.41, 5.74) is 0.547. The molecule has 1 heterocycles. The van der Waals surface area contributed by atoms with Crippen molar-refractivity contribution in [1.82, 2.24) is 14.9 Å². The number of hydrogen-bond acceptors (Lipinski definition) is 4. The first-order chi connectivity index (χ1) is 21.7. The van der Waals surface area contributed by atoms with Crippen LogP contribution >= 0.6 is 0 Å². The van der Waals surface area contributed by atoms with Gasteiger partial charge in [-0.25, -0.2) is 4.98 Å². The van der Waals surface area contributed by atoms with Gasteiger partial charge in [0, 0.05) is 50.3 Å². The SMILES string of the molecule is CCCCCCCCCCCCC#CC#CCCCCCCCCC(=O)Oc1ccc(C(=O)NCCCn2ccnc2)cc1. The first kappa shape index (κ1) is 36.7. The second-order valence-corrected chi connectivity index (χ2v) is 11.6. The number of esters is 1. The number of unbranched alkanes of at least 4 members (excludes halogenated alkanes) is 16. The molecular formula is C38H55N3O3. The van der Waals surface area contributed by atoms with Crippen molar-refractivity contribution in [1.29, 1.82) is 0 Å². The number of rotatable bonds is 24. The van der Waals surface area contributed by atoms with Crippen LogP contribution in [0.3, 0.4) is 0 Å². The maximum Gasteiger partial charge on any atom is 0.311 e. The Hall–Kier alpha value is -3.51. The number of carbonyl (C=O) groups excluding carboxylic acids is 2. The number of aryl methyl sites for hydroxylation is 1. The number of nitrogens with one attached hydrogen (secondary N) is 1. The maximum atomic E-state index is 12.3. The number of ether oxygens (including phenoxy) is 1. The van der Waals surface area contributed by atoms with Crippen LogP contribution in [0.2, 0.25) is 0 Å². The molecule has 1 N–H and O–H groups in total. The quantitative estimate of drug-likeness (QED) is 0.0564. The lowest BCUT2D eigenvalue weighted by atomic mass is 10.1. The largest absolute Gasteiger partial charge is 0.427 e. The van der Waals surface area contributed by atoms with Crippen molar-refractivity contribution < 1.29 is 14.3 Å². The highest BCUT2D eigenvalue weighted by atomic mass is 16.5. The van der Waals surface area contributed by atoms with Crippen LogP contribution in [-0.4, -0.2) is 28.0 Å². The van der Waals surface area contributed by atoms with Crippen molar-refractivity contribution >= 4 is 11.9 Å². The molecule has 0 aliphatic heterocycles. The number of nitrogens with zero attached hydrogens (tertiary/aromatic N) is 2. The summed E-state index contributed by atoms with van der Waals surface area (Å²) in [5, 5.41) is 2.91. The fourth-order valence-corrected chi connectivity index (χ4v) is 4.95. The van der Waals surface area contributed by atoms with E-state index in [2.05, 4.69) is 40.9 Å². The van der Waals surface area contributed by atoms with E-state index >= 15 is 0 Å². The van der Waals surface area contributed by atoms with Gasteiger partial charge in [0.15, 0.2) is 0 Å². The van der Waals surface area contributed by atoms with E-state index in [1.165, 1.54) is 64.2 Å². The van der Waals surface area contributed by atoms with Crippen LogP contribution in [0.5, 0.6) is 5.75 Å². The fourth-order valence-electron chi connectivity index (χ4n) is 4.95.